The van der Waals surface area contributed by atoms with E-state index in [-0.39, 0.29) is 6.04 Å². The lowest BCUT2D eigenvalue weighted by atomic mass is 10.1. The van der Waals surface area contributed by atoms with Gasteiger partial charge in [-0.25, -0.2) is 0 Å². The van der Waals surface area contributed by atoms with Crippen LogP contribution in [0.15, 0.2) is 72.8 Å². The molecule has 0 bridgehead atoms. The van der Waals surface area contributed by atoms with Gasteiger partial charge in [0.15, 0.2) is 11.6 Å². The Balaban J connectivity index is 1.59. The molecule has 8 nitrogen and oxygen atoms in total. The molecule has 2 aromatic carbocycles. The van der Waals surface area contributed by atoms with Gasteiger partial charge in [-0.3, -0.25) is 0 Å². The summed E-state index contributed by atoms with van der Waals surface area (Å²) in [5, 5.41) is 18.3. The van der Waals surface area contributed by atoms with E-state index in [1.165, 1.54) is 0 Å². The van der Waals surface area contributed by atoms with Gasteiger partial charge in [0.2, 0.25) is 0 Å². The number of benzene rings is 2. The van der Waals surface area contributed by atoms with Crippen molar-refractivity contribution in [1.82, 2.24) is 25.3 Å². The molecular formula is C31H38N6O2. The van der Waals surface area contributed by atoms with Gasteiger partial charge in [0.1, 0.15) is 11.5 Å². The van der Waals surface area contributed by atoms with Crippen molar-refractivity contribution < 1.29 is 9.47 Å². The van der Waals surface area contributed by atoms with Crippen LogP contribution in [-0.2, 0) is 0 Å². The molecule has 0 N–H and O–H groups in total. The minimum Gasteiger partial charge on any atom is -0.497 e. The summed E-state index contributed by atoms with van der Waals surface area (Å²) < 4.78 is 10.5. The first-order valence-corrected chi connectivity index (χ1v) is 13.5. The van der Waals surface area contributed by atoms with E-state index in [0.717, 1.165) is 78.1 Å². The average Bonchev–Trinajstić information content (AvgIpc) is 3.00. The van der Waals surface area contributed by atoms with Crippen molar-refractivity contribution in [1.29, 1.82) is 0 Å². The number of ether oxygens (including phenoxy) is 2. The fourth-order valence-electron chi connectivity index (χ4n) is 4.59. The topological polar surface area (TPSA) is 76.5 Å². The van der Waals surface area contributed by atoms with Crippen LogP contribution >= 0.6 is 0 Å². The summed E-state index contributed by atoms with van der Waals surface area (Å²) in [5.74, 6) is 3.11. The van der Waals surface area contributed by atoms with Crippen molar-refractivity contribution in [3.05, 3.63) is 72.8 Å². The highest BCUT2D eigenvalue weighted by atomic mass is 16.5. The van der Waals surface area contributed by atoms with Crippen molar-refractivity contribution >= 4 is 11.6 Å². The van der Waals surface area contributed by atoms with E-state index in [4.69, 9.17) is 9.47 Å². The van der Waals surface area contributed by atoms with Crippen molar-refractivity contribution in [3.63, 3.8) is 0 Å². The SMILES string of the molecule is CCN(CC)CCCC(C)N(c1ccc(-c2ccc(OC)cc2)nn1)c1ccc(-c2ccc(OC)cc2)nn1. The molecule has 0 fully saturated rings. The van der Waals surface area contributed by atoms with Crippen LogP contribution in [0.1, 0.15) is 33.6 Å². The molecular weight excluding hydrogens is 488 g/mol. The number of hydrogen-bond donors (Lipinski definition) is 0. The van der Waals surface area contributed by atoms with Crippen LogP contribution < -0.4 is 14.4 Å². The van der Waals surface area contributed by atoms with E-state index in [1.807, 2.05) is 72.8 Å². The third kappa shape index (κ3) is 7.09. The van der Waals surface area contributed by atoms with Crippen molar-refractivity contribution in [2.75, 3.05) is 38.8 Å². The van der Waals surface area contributed by atoms with E-state index >= 15 is 0 Å². The molecule has 0 spiro atoms. The van der Waals surface area contributed by atoms with E-state index in [2.05, 4.69) is 51.0 Å². The quantitative estimate of drug-likeness (QED) is 0.202. The minimum atomic E-state index is 0.155. The highest BCUT2D eigenvalue weighted by Crippen LogP contribution is 2.29. The molecule has 0 saturated carbocycles. The fourth-order valence-corrected chi connectivity index (χ4v) is 4.59. The van der Waals surface area contributed by atoms with Gasteiger partial charge in [-0.05, 0) is 112 Å². The fraction of sp³-hybridized carbons (Fsp3) is 0.355. The van der Waals surface area contributed by atoms with Crippen LogP contribution in [-0.4, -0.2) is 65.2 Å². The lowest BCUT2D eigenvalue weighted by Gasteiger charge is -2.29. The second-order valence-electron chi connectivity index (χ2n) is 9.40. The lowest BCUT2D eigenvalue weighted by Crippen LogP contribution is -2.32. The molecule has 4 aromatic rings. The Morgan fingerprint density at radius 1 is 0.641 bits per heavy atom. The second-order valence-corrected chi connectivity index (χ2v) is 9.40. The summed E-state index contributed by atoms with van der Waals surface area (Å²) in [6.07, 6.45) is 2.06. The van der Waals surface area contributed by atoms with E-state index < -0.39 is 0 Å². The van der Waals surface area contributed by atoms with Gasteiger partial charge in [-0.2, -0.15) is 0 Å². The predicted molar refractivity (Wildman–Crippen MR) is 157 cm³/mol. The van der Waals surface area contributed by atoms with E-state index in [0.29, 0.717) is 0 Å². The Morgan fingerprint density at radius 3 is 1.46 bits per heavy atom. The molecule has 0 aliphatic carbocycles. The second kappa shape index (κ2) is 13.7. The Morgan fingerprint density at radius 2 is 1.10 bits per heavy atom. The van der Waals surface area contributed by atoms with Crippen LogP contribution in [0.3, 0.4) is 0 Å². The van der Waals surface area contributed by atoms with Gasteiger partial charge in [0, 0.05) is 17.2 Å². The largest absolute Gasteiger partial charge is 0.497 e. The molecule has 204 valence electrons. The van der Waals surface area contributed by atoms with E-state index in [9.17, 15) is 0 Å². The summed E-state index contributed by atoms with van der Waals surface area (Å²) in [6, 6.07) is 23.8. The first kappa shape index (κ1) is 28.0. The molecule has 2 heterocycles. The van der Waals surface area contributed by atoms with Gasteiger partial charge in [-0.1, -0.05) is 13.8 Å². The van der Waals surface area contributed by atoms with Gasteiger partial charge >= 0.3 is 0 Å². The van der Waals surface area contributed by atoms with Crippen LogP contribution in [0.5, 0.6) is 11.5 Å². The number of hydrogen-bond acceptors (Lipinski definition) is 8. The third-order valence-electron chi connectivity index (χ3n) is 7.00. The van der Waals surface area contributed by atoms with Crippen molar-refractivity contribution in [2.45, 2.75) is 39.7 Å². The summed E-state index contributed by atoms with van der Waals surface area (Å²) in [4.78, 5) is 4.59. The van der Waals surface area contributed by atoms with Crippen LogP contribution in [0.25, 0.3) is 22.5 Å². The monoisotopic (exact) mass is 526 g/mol. The molecule has 1 atom stereocenters. The van der Waals surface area contributed by atoms with Crippen molar-refractivity contribution in [2.24, 2.45) is 0 Å². The Kier molecular flexibility index (Phi) is 9.80. The molecule has 4 rings (SSSR count). The highest BCUT2D eigenvalue weighted by molar-refractivity contribution is 5.65. The number of aromatic nitrogens is 4. The Labute approximate surface area is 231 Å². The maximum atomic E-state index is 5.27. The Hall–Kier alpha value is -4.04. The zero-order valence-corrected chi connectivity index (χ0v) is 23.5. The minimum absolute atomic E-state index is 0.155. The first-order valence-electron chi connectivity index (χ1n) is 13.5. The molecule has 39 heavy (non-hydrogen) atoms. The Bertz CT molecular complexity index is 1180. The zero-order valence-electron chi connectivity index (χ0n) is 23.5. The number of methoxy groups -OCH3 is 2. The summed E-state index contributed by atoms with van der Waals surface area (Å²) in [5.41, 5.74) is 3.57. The summed E-state index contributed by atoms with van der Waals surface area (Å²) in [6.45, 7) is 9.81. The first-order chi connectivity index (χ1) is 19.1. The van der Waals surface area contributed by atoms with Gasteiger partial charge < -0.3 is 19.3 Å². The van der Waals surface area contributed by atoms with Crippen molar-refractivity contribution in [3.8, 4) is 34.0 Å². The van der Waals surface area contributed by atoms with Crippen LogP contribution in [0, 0.1) is 0 Å². The number of anilines is 2. The van der Waals surface area contributed by atoms with Gasteiger partial charge in [0.05, 0.1) is 25.6 Å². The van der Waals surface area contributed by atoms with Crippen LogP contribution in [0.2, 0.25) is 0 Å². The highest BCUT2D eigenvalue weighted by Gasteiger charge is 2.21. The molecule has 2 aromatic heterocycles. The molecule has 0 amide bonds. The summed E-state index contributed by atoms with van der Waals surface area (Å²) >= 11 is 0. The van der Waals surface area contributed by atoms with Crippen LogP contribution in [0.4, 0.5) is 11.6 Å². The van der Waals surface area contributed by atoms with E-state index in [1.54, 1.807) is 14.2 Å². The molecule has 1 unspecified atom stereocenters. The summed E-state index contributed by atoms with van der Waals surface area (Å²) in [7, 11) is 3.32. The van der Waals surface area contributed by atoms with Gasteiger partial charge in [-0.15, -0.1) is 20.4 Å². The standard InChI is InChI=1S/C31H38N6O2/c1-6-36(7-2)22-8-9-23(3)37(30-20-18-28(32-34-30)24-10-14-26(38-4)15-11-24)31-21-19-29(33-35-31)25-12-16-27(39-5)17-13-25/h10-21,23H,6-9,22H2,1-5H3. The normalized spacial score (nSPS) is 11.8. The smallest absolute Gasteiger partial charge is 0.157 e. The molecule has 0 radical (unpaired) electrons. The molecule has 8 heteroatoms. The number of rotatable bonds is 13. The molecule has 0 aliphatic heterocycles. The molecule has 0 aliphatic rings. The zero-order chi connectivity index (χ0) is 27.6. The number of nitrogens with zero attached hydrogens (tertiary/aromatic N) is 6. The molecule has 0 saturated heterocycles. The average molecular weight is 527 g/mol. The maximum Gasteiger partial charge on any atom is 0.157 e. The predicted octanol–water partition coefficient (Wildman–Crippen LogP) is 6.27. The lowest BCUT2D eigenvalue weighted by molar-refractivity contribution is 0.294. The maximum absolute atomic E-state index is 5.27. The van der Waals surface area contributed by atoms with Gasteiger partial charge in [0.25, 0.3) is 0 Å². The third-order valence-corrected chi connectivity index (χ3v) is 7.00.